The minimum atomic E-state index is -3.40. The van der Waals surface area contributed by atoms with Crippen molar-refractivity contribution in [3.8, 4) is 0 Å². The number of aliphatic hydroxyl groups is 1. The van der Waals surface area contributed by atoms with Crippen LogP contribution in [0.1, 0.15) is 19.8 Å². The minimum absolute atomic E-state index is 0.0192. The second-order valence-electron chi connectivity index (χ2n) is 5.62. The molecule has 1 aromatic rings. The summed E-state index contributed by atoms with van der Waals surface area (Å²) in [4.78, 5) is 11.8. The molecule has 128 valence electrons. The molecular weight excluding hydrogens is 320 g/mol. The molecule has 8 heteroatoms. The summed E-state index contributed by atoms with van der Waals surface area (Å²) in [5.41, 5.74) is 0.476. The van der Waals surface area contributed by atoms with Crippen molar-refractivity contribution >= 4 is 21.6 Å². The average molecular weight is 342 g/mol. The highest BCUT2D eigenvalue weighted by Crippen LogP contribution is 2.20. The highest BCUT2D eigenvalue weighted by Gasteiger charge is 2.24. The van der Waals surface area contributed by atoms with Gasteiger partial charge < -0.3 is 20.5 Å². The number of aliphatic hydroxyl groups excluding tert-OH is 1. The molecule has 1 aliphatic rings. The standard InChI is InChI=1S/C15H22N2O5S/c1-11(18)9-16-15(19)17-12-4-6-14(7-5-12)23(20,21)10-13-3-2-8-22-13/h4-7,11,13,18H,2-3,8-10H2,1H3,(H2,16,17,19)/t11-,13?/m1/s1. The van der Waals surface area contributed by atoms with Crippen molar-refractivity contribution in [2.45, 2.75) is 36.9 Å². The molecular formula is C15H22N2O5S. The lowest BCUT2D eigenvalue weighted by atomic mass is 10.3. The molecule has 2 atom stereocenters. The van der Waals surface area contributed by atoms with Gasteiger partial charge in [-0.1, -0.05) is 0 Å². The Morgan fingerprint density at radius 3 is 2.65 bits per heavy atom. The number of anilines is 1. The van der Waals surface area contributed by atoms with Crippen molar-refractivity contribution in [1.82, 2.24) is 5.32 Å². The summed E-state index contributed by atoms with van der Waals surface area (Å²) in [5, 5.41) is 14.1. The van der Waals surface area contributed by atoms with Gasteiger partial charge in [0.1, 0.15) is 0 Å². The van der Waals surface area contributed by atoms with E-state index in [1.165, 1.54) is 24.3 Å². The molecule has 2 rings (SSSR count). The summed E-state index contributed by atoms with van der Waals surface area (Å²) in [5.74, 6) is -0.0192. The van der Waals surface area contributed by atoms with Gasteiger partial charge in [-0.2, -0.15) is 0 Å². The third-order valence-corrected chi connectivity index (χ3v) is 5.26. The highest BCUT2D eigenvalue weighted by molar-refractivity contribution is 7.91. The molecule has 7 nitrogen and oxygen atoms in total. The van der Waals surface area contributed by atoms with Crippen LogP contribution in [0.5, 0.6) is 0 Å². The molecule has 0 saturated carbocycles. The van der Waals surface area contributed by atoms with Crippen LogP contribution in [0.2, 0.25) is 0 Å². The molecule has 0 spiro atoms. The van der Waals surface area contributed by atoms with Crippen molar-refractivity contribution in [1.29, 1.82) is 0 Å². The first-order valence-electron chi connectivity index (χ1n) is 7.54. The van der Waals surface area contributed by atoms with Crippen LogP contribution in [0.25, 0.3) is 0 Å². The van der Waals surface area contributed by atoms with E-state index in [9.17, 15) is 13.2 Å². The maximum absolute atomic E-state index is 12.3. The zero-order chi connectivity index (χ0) is 16.9. The Bertz CT molecular complexity index is 622. The van der Waals surface area contributed by atoms with Gasteiger partial charge in [-0.3, -0.25) is 0 Å². The first-order valence-corrected chi connectivity index (χ1v) is 9.19. The van der Waals surface area contributed by atoms with E-state index >= 15 is 0 Å². The fourth-order valence-electron chi connectivity index (χ4n) is 2.28. The molecule has 1 aromatic carbocycles. The SMILES string of the molecule is C[C@@H](O)CNC(=O)Nc1ccc(S(=O)(=O)CC2CCCO2)cc1. The Hall–Kier alpha value is -1.64. The van der Waals surface area contributed by atoms with Gasteiger partial charge in [-0.15, -0.1) is 0 Å². The van der Waals surface area contributed by atoms with E-state index < -0.39 is 22.0 Å². The van der Waals surface area contributed by atoms with Crippen LogP contribution in [0.15, 0.2) is 29.2 Å². The van der Waals surface area contributed by atoms with Crippen LogP contribution in [0.3, 0.4) is 0 Å². The van der Waals surface area contributed by atoms with Gasteiger partial charge in [0.05, 0.1) is 22.9 Å². The maximum Gasteiger partial charge on any atom is 0.319 e. The monoisotopic (exact) mass is 342 g/mol. The van der Waals surface area contributed by atoms with Crippen LogP contribution in [-0.4, -0.2) is 50.7 Å². The lowest BCUT2D eigenvalue weighted by molar-refractivity contribution is 0.127. The number of hydrogen-bond acceptors (Lipinski definition) is 5. The minimum Gasteiger partial charge on any atom is -0.392 e. The van der Waals surface area contributed by atoms with Gasteiger partial charge in [-0.25, -0.2) is 13.2 Å². The summed E-state index contributed by atoms with van der Waals surface area (Å²) in [6, 6.07) is 5.54. The number of urea groups is 1. The molecule has 1 saturated heterocycles. The van der Waals surface area contributed by atoms with Crippen molar-refractivity contribution < 1.29 is 23.1 Å². The summed E-state index contributed by atoms with van der Waals surface area (Å²) in [6.45, 7) is 2.32. The Kier molecular flexibility index (Phi) is 5.97. The van der Waals surface area contributed by atoms with Crippen molar-refractivity contribution in [2.75, 3.05) is 24.2 Å². The number of carbonyl (C=O) groups is 1. The first-order chi connectivity index (χ1) is 10.9. The molecule has 1 heterocycles. The Morgan fingerprint density at radius 1 is 1.39 bits per heavy atom. The van der Waals surface area contributed by atoms with Crippen LogP contribution in [0, 0.1) is 0 Å². The van der Waals surface area contributed by atoms with Crippen molar-refractivity contribution in [2.24, 2.45) is 0 Å². The number of hydrogen-bond donors (Lipinski definition) is 3. The van der Waals surface area contributed by atoms with Crippen molar-refractivity contribution in [3.05, 3.63) is 24.3 Å². The molecule has 0 radical (unpaired) electrons. The topological polar surface area (TPSA) is 105 Å². The highest BCUT2D eigenvalue weighted by atomic mass is 32.2. The van der Waals surface area contributed by atoms with E-state index in [0.717, 1.165) is 12.8 Å². The smallest absolute Gasteiger partial charge is 0.319 e. The number of ether oxygens (including phenoxy) is 1. The lowest BCUT2D eigenvalue weighted by Gasteiger charge is -2.11. The fraction of sp³-hybridized carbons (Fsp3) is 0.533. The molecule has 0 aliphatic carbocycles. The zero-order valence-electron chi connectivity index (χ0n) is 13.0. The number of carbonyl (C=O) groups excluding carboxylic acids is 1. The van der Waals surface area contributed by atoms with Gasteiger partial charge in [0.15, 0.2) is 9.84 Å². The Morgan fingerprint density at radius 2 is 2.09 bits per heavy atom. The van der Waals surface area contributed by atoms with Crippen LogP contribution in [0.4, 0.5) is 10.5 Å². The molecule has 0 aromatic heterocycles. The van der Waals surface area contributed by atoms with E-state index in [1.807, 2.05) is 0 Å². The van der Waals surface area contributed by atoms with Gasteiger partial charge in [0.2, 0.25) is 0 Å². The van der Waals surface area contributed by atoms with E-state index in [2.05, 4.69) is 10.6 Å². The number of sulfone groups is 1. The summed E-state index contributed by atoms with van der Waals surface area (Å²) < 4.78 is 30.0. The summed E-state index contributed by atoms with van der Waals surface area (Å²) >= 11 is 0. The predicted molar refractivity (Wildman–Crippen MR) is 86.2 cm³/mol. The summed E-state index contributed by atoms with van der Waals surface area (Å²) in [7, 11) is -3.40. The quantitative estimate of drug-likeness (QED) is 0.719. The number of nitrogens with one attached hydrogen (secondary N) is 2. The lowest BCUT2D eigenvalue weighted by Crippen LogP contribution is -2.34. The number of rotatable bonds is 6. The Labute approximate surface area is 136 Å². The molecule has 0 bridgehead atoms. The van der Waals surface area contributed by atoms with Gasteiger partial charge in [-0.05, 0) is 44.0 Å². The first kappa shape index (κ1) is 17.7. The Balaban J connectivity index is 1.94. The molecule has 1 aliphatic heterocycles. The second kappa shape index (κ2) is 7.76. The van der Waals surface area contributed by atoms with Crippen LogP contribution < -0.4 is 10.6 Å². The molecule has 1 unspecified atom stereocenters. The van der Waals surface area contributed by atoms with Crippen LogP contribution in [-0.2, 0) is 14.6 Å². The second-order valence-corrected chi connectivity index (χ2v) is 7.66. The van der Waals surface area contributed by atoms with Gasteiger partial charge in [0.25, 0.3) is 0 Å². The molecule has 3 N–H and O–H groups in total. The van der Waals surface area contributed by atoms with Gasteiger partial charge >= 0.3 is 6.03 Å². The van der Waals surface area contributed by atoms with Crippen molar-refractivity contribution in [3.63, 3.8) is 0 Å². The van der Waals surface area contributed by atoms with Gasteiger partial charge in [0, 0.05) is 18.8 Å². The number of amides is 2. The third kappa shape index (κ3) is 5.49. The molecule has 2 amide bonds. The predicted octanol–water partition coefficient (Wildman–Crippen LogP) is 1.14. The van der Waals surface area contributed by atoms with E-state index in [0.29, 0.717) is 12.3 Å². The van der Waals surface area contributed by atoms with Crippen LogP contribution >= 0.6 is 0 Å². The van der Waals surface area contributed by atoms with E-state index in [1.54, 1.807) is 6.92 Å². The molecule has 23 heavy (non-hydrogen) atoms. The normalized spacial score (nSPS) is 19.3. The largest absolute Gasteiger partial charge is 0.392 e. The zero-order valence-corrected chi connectivity index (χ0v) is 13.8. The number of benzene rings is 1. The summed E-state index contributed by atoms with van der Waals surface area (Å²) in [6.07, 6.45) is 0.794. The maximum atomic E-state index is 12.3. The molecule has 1 fully saturated rings. The van der Waals surface area contributed by atoms with E-state index in [-0.39, 0.29) is 23.3 Å². The van der Waals surface area contributed by atoms with E-state index in [4.69, 9.17) is 9.84 Å². The third-order valence-electron chi connectivity index (χ3n) is 3.46. The average Bonchev–Trinajstić information content (AvgIpc) is 2.98. The fourth-order valence-corrected chi connectivity index (χ4v) is 3.77.